The first-order chi connectivity index (χ1) is 11.8. The molecule has 1 aromatic heterocycles. The fourth-order valence-corrected chi connectivity index (χ4v) is 2.84. The first-order valence-electron chi connectivity index (χ1n) is 8.02. The molecular weight excluding hydrogens is 322 g/mol. The topological polar surface area (TPSA) is 70.1 Å². The molecule has 2 heterocycles. The molecule has 0 aliphatic carbocycles. The second-order valence-corrected chi connectivity index (χ2v) is 6.87. The first kappa shape index (κ1) is 17.2. The Hall–Kier alpha value is -2.60. The number of epoxide rings is 1. The van der Waals surface area contributed by atoms with Crippen LogP contribution in [0.3, 0.4) is 0 Å². The van der Waals surface area contributed by atoms with Crippen molar-refractivity contribution >= 4 is 12.1 Å². The average molecular weight is 343 g/mol. The minimum atomic E-state index is -1.24. The van der Waals surface area contributed by atoms with E-state index in [9.17, 15) is 9.59 Å². The van der Waals surface area contributed by atoms with Crippen LogP contribution in [0.4, 0.5) is 4.79 Å². The van der Waals surface area contributed by atoms with Crippen LogP contribution in [0.25, 0.3) is 0 Å². The summed E-state index contributed by atoms with van der Waals surface area (Å²) in [6.45, 7) is 5.39. The summed E-state index contributed by atoms with van der Waals surface area (Å²) in [7, 11) is 1.32. The normalized spacial score (nSPS) is 22.3. The summed E-state index contributed by atoms with van der Waals surface area (Å²) in [5.41, 5.74) is -0.636. The van der Waals surface area contributed by atoms with Gasteiger partial charge in [0.1, 0.15) is 11.7 Å². The van der Waals surface area contributed by atoms with Crippen LogP contribution < -0.4 is 0 Å². The van der Waals surface area contributed by atoms with Gasteiger partial charge >= 0.3 is 12.1 Å². The van der Waals surface area contributed by atoms with E-state index in [4.69, 9.17) is 14.2 Å². The summed E-state index contributed by atoms with van der Waals surface area (Å²) in [5.74, 6) is -0.499. The molecule has 2 aromatic rings. The molecule has 0 N–H and O–H groups in total. The van der Waals surface area contributed by atoms with Crippen LogP contribution in [0.15, 0.2) is 48.7 Å². The SMILES string of the molecule is COC(=O)[C@@]1(c2ccccc2)O[C@H]1c1cccn1C(=O)OC(C)(C)C. The number of aromatic nitrogens is 1. The number of nitrogens with zero attached hydrogens (tertiary/aromatic N) is 1. The van der Waals surface area contributed by atoms with Crippen LogP contribution in [0.1, 0.15) is 38.1 Å². The van der Waals surface area contributed by atoms with E-state index in [1.807, 2.05) is 18.2 Å². The van der Waals surface area contributed by atoms with Crippen LogP contribution in [0.5, 0.6) is 0 Å². The Morgan fingerprint density at radius 3 is 2.40 bits per heavy atom. The van der Waals surface area contributed by atoms with Crippen molar-refractivity contribution in [2.75, 3.05) is 7.11 Å². The molecule has 0 spiro atoms. The molecule has 6 nitrogen and oxygen atoms in total. The lowest BCUT2D eigenvalue weighted by atomic mass is 9.94. The average Bonchev–Trinajstić information content (AvgIpc) is 3.13. The molecule has 1 fully saturated rings. The zero-order valence-electron chi connectivity index (χ0n) is 14.7. The van der Waals surface area contributed by atoms with Gasteiger partial charge in [0.25, 0.3) is 0 Å². The van der Waals surface area contributed by atoms with E-state index < -0.39 is 29.4 Å². The Kier molecular flexibility index (Phi) is 4.16. The number of rotatable bonds is 3. The molecule has 6 heteroatoms. The van der Waals surface area contributed by atoms with Crippen LogP contribution in [-0.2, 0) is 24.6 Å². The lowest BCUT2D eigenvalue weighted by molar-refractivity contribution is -0.147. The summed E-state index contributed by atoms with van der Waals surface area (Å²) in [4.78, 5) is 24.9. The Bertz CT molecular complexity index is 790. The number of carbonyl (C=O) groups is 2. The largest absolute Gasteiger partial charge is 0.467 e. The molecule has 3 rings (SSSR count). The lowest BCUT2D eigenvalue weighted by Gasteiger charge is -2.20. The van der Waals surface area contributed by atoms with Crippen LogP contribution in [-0.4, -0.2) is 29.3 Å². The molecule has 2 atom stereocenters. The summed E-state index contributed by atoms with van der Waals surface area (Å²) < 4.78 is 17.5. The highest BCUT2D eigenvalue weighted by atomic mass is 16.7. The minimum absolute atomic E-state index is 0.499. The number of benzene rings is 1. The van der Waals surface area contributed by atoms with E-state index in [1.165, 1.54) is 11.7 Å². The third-order valence-electron chi connectivity index (χ3n) is 3.95. The molecule has 0 unspecified atom stereocenters. The molecule has 132 valence electrons. The van der Waals surface area contributed by atoms with Gasteiger partial charge in [-0.25, -0.2) is 9.59 Å². The maximum Gasteiger partial charge on any atom is 0.418 e. The third kappa shape index (κ3) is 3.05. The highest BCUT2D eigenvalue weighted by molar-refractivity contribution is 5.86. The summed E-state index contributed by atoms with van der Waals surface area (Å²) >= 11 is 0. The molecule has 1 saturated heterocycles. The smallest absolute Gasteiger partial charge is 0.418 e. The Labute approximate surface area is 146 Å². The zero-order valence-corrected chi connectivity index (χ0v) is 14.7. The van der Waals surface area contributed by atoms with Crippen LogP contribution in [0.2, 0.25) is 0 Å². The molecule has 0 amide bonds. The van der Waals surface area contributed by atoms with Crippen molar-refractivity contribution in [1.29, 1.82) is 0 Å². The minimum Gasteiger partial charge on any atom is -0.467 e. The van der Waals surface area contributed by atoms with E-state index in [2.05, 4.69) is 0 Å². The van der Waals surface area contributed by atoms with Crippen molar-refractivity contribution in [2.24, 2.45) is 0 Å². The second-order valence-electron chi connectivity index (χ2n) is 6.87. The van der Waals surface area contributed by atoms with E-state index in [0.717, 1.165) is 0 Å². The standard InChI is InChI=1S/C19H21NO5/c1-18(2,3)25-17(22)20-12-8-11-14(20)15-19(24-15,16(21)23-4)13-9-6-5-7-10-13/h5-12,15H,1-4H3/t15-,19-/m0/s1. The molecule has 0 radical (unpaired) electrons. The van der Waals surface area contributed by atoms with Gasteiger partial charge in [-0.15, -0.1) is 0 Å². The number of carbonyl (C=O) groups excluding carboxylic acids is 2. The Morgan fingerprint density at radius 2 is 1.80 bits per heavy atom. The van der Waals surface area contributed by atoms with Crippen molar-refractivity contribution in [1.82, 2.24) is 4.57 Å². The predicted octanol–water partition coefficient (Wildman–Crippen LogP) is 3.41. The van der Waals surface area contributed by atoms with E-state index in [1.54, 1.807) is 51.2 Å². The van der Waals surface area contributed by atoms with Gasteiger partial charge in [0.2, 0.25) is 5.60 Å². The quantitative estimate of drug-likeness (QED) is 0.631. The maximum absolute atomic E-state index is 12.4. The molecule has 1 aliphatic heterocycles. The molecule has 0 bridgehead atoms. The number of hydrogen-bond acceptors (Lipinski definition) is 5. The maximum atomic E-state index is 12.4. The summed E-state index contributed by atoms with van der Waals surface area (Å²) in [5, 5.41) is 0. The number of methoxy groups -OCH3 is 1. The summed E-state index contributed by atoms with van der Waals surface area (Å²) in [6, 6.07) is 12.6. The third-order valence-corrected chi connectivity index (χ3v) is 3.95. The lowest BCUT2D eigenvalue weighted by Crippen LogP contribution is -2.29. The molecular formula is C19H21NO5. The van der Waals surface area contributed by atoms with E-state index >= 15 is 0 Å². The van der Waals surface area contributed by atoms with Crippen molar-refractivity contribution in [2.45, 2.75) is 38.1 Å². The highest BCUT2D eigenvalue weighted by Gasteiger charge is 2.66. The highest BCUT2D eigenvalue weighted by Crippen LogP contribution is 2.57. The Morgan fingerprint density at radius 1 is 1.12 bits per heavy atom. The second kappa shape index (κ2) is 6.04. The number of ether oxygens (including phenoxy) is 3. The summed E-state index contributed by atoms with van der Waals surface area (Å²) in [6.07, 6.45) is 0.456. The van der Waals surface area contributed by atoms with Gasteiger partial charge in [0, 0.05) is 6.20 Å². The van der Waals surface area contributed by atoms with E-state index in [0.29, 0.717) is 11.3 Å². The number of hydrogen-bond donors (Lipinski definition) is 0. The molecule has 25 heavy (non-hydrogen) atoms. The van der Waals surface area contributed by atoms with Crippen molar-refractivity contribution in [3.05, 3.63) is 59.9 Å². The monoisotopic (exact) mass is 343 g/mol. The first-order valence-corrected chi connectivity index (χ1v) is 8.02. The van der Waals surface area contributed by atoms with Gasteiger partial charge in [0.05, 0.1) is 12.8 Å². The fraction of sp³-hybridized carbons (Fsp3) is 0.368. The van der Waals surface area contributed by atoms with Crippen molar-refractivity contribution in [3.63, 3.8) is 0 Å². The molecule has 1 aromatic carbocycles. The Balaban J connectivity index is 1.95. The van der Waals surface area contributed by atoms with Gasteiger partial charge in [-0.1, -0.05) is 30.3 Å². The predicted molar refractivity (Wildman–Crippen MR) is 90.0 cm³/mol. The van der Waals surface area contributed by atoms with E-state index in [-0.39, 0.29) is 0 Å². The molecule has 1 aliphatic rings. The zero-order chi connectivity index (χ0) is 18.2. The van der Waals surface area contributed by atoms with Crippen LogP contribution in [0, 0.1) is 0 Å². The van der Waals surface area contributed by atoms with Crippen molar-refractivity contribution in [3.8, 4) is 0 Å². The van der Waals surface area contributed by atoms with Gasteiger partial charge in [-0.2, -0.15) is 0 Å². The van der Waals surface area contributed by atoms with Crippen molar-refractivity contribution < 1.29 is 23.8 Å². The van der Waals surface area contributed by atoms with Crippen LogP contribution >= 0.6 is 0 Å². The van der Waals surface area contributed by atoms with Gasteiger partial charge < -0.3 is 14.2 Å². The number of esters is 1. The van der Waals surface area contributed by atoms with Gasteiger partial charge in [-0.05, 0) is 38.5 Å². The molecule has 0 saturated carbocycles. The van der Waals surface area contributed by atoms with Gasteiger partial charge in [0.15, 0.2) is 0 Å². The van der Waals surface area contributed by atoms with Gasteiger partial charge in [-0.3, -0.25) is 4.57 Å². The fourth-order valence-electron chi connectivity index (χ4n) is 2.84.